The number of rotatable bonds is 5. The van der Waals surface area contributed by atoms with Crippen molar-refractivity contribution in [2.24, 2.45) is 0 Å². The molecule has 1 aromatic heterocycles. The molecule has 0 aliphatic carbocycles. The quantitative estimate of drug-likeness (QED) is 0.572. The Labute approximate surface area is 170 Å². The number of nitrogens with zero attached hydrogens (tertiary/aromatic N) is 1. The Kier molecular flexibility index (Phi) is 5.89. The van der Waals surface area contributed by atoms with Gasteiger partial charge < -0.3 is 9.47 Å². The van der Waals surface area contributed by atoms with Gasteiger partial charge in [0.2, 0.25) is 0 Å². The number of amides is 1. The van der Waals surface area contributed by atoms with Crippen LogP contribution >= 0.6 is 34.5 Å². The first kappa shape index (κ1) is 19.5. The molecule has 0 bridgehead atoms. The van der Waals surface area contributed by atoms with Gasteiger partial charge in [0.1, 0.15) is 11.5 Å². The van der Waals surface area contributed by atoms with Gasteiger partial charge in [-0.3, -0.25) is 10.1 Å². The maximum atomic E-state index is 12.6. The molecule has 0 fully saturated rings. The number of anilines is 1. The van der Waals surface area contributed by atoms with Gasteiger partial charge in [-0.25, -0.2) is 4.98 Å². The lowest BCUT2D eigenvalue weighted by Crippen LogP contribution is -2.13. The van der Waals surface area contributed by atoms with Gasteiger partial charge in [0.25, 0.3) is 5.91 Å². The largest absolute Gasteiger partial charge is 0.497 e. The summed E-state index contributed by atoms with van der Waals surface area (Å²) in [5, 5.41) is 4.23. The second kappa shape index (κ2) is 8.17. The molecule has 8 heteroatoms. The molecule has 27 heavy (non-hydrogen) atoms. The molecule has 1 heterocycles. The van der Waals surface area contributed by atoms with Crippen molar-refractivity contribution in [2.45, 2.75) is 6.92 Å². The summed E-state index contributed by atoms with van der Waals surface area (Å²) in [5.74, 6) is 0.712. The molecule has 0 unspecified atom stereocenters. The van der Waals surface area contributed by atoms with Gasteiger partial charge in [0.15, 0.2) is 5.13 Å². The van der Waals surface area contributed by atoms with Crippen LogP contribution in [0.5, 0.6) is 11.5 Å². The molecule has 0 radical (unpaired) electrons. The molecule has 0 spiro atoms. The van der Waals surface area contributed by atoms with Gasteiger partial charge in [0, 0.05) is 16.5 Å². The molecule has 3 aromatic rings. The van der Waals surface area contributed by atoms with Gasteiger partial charge >= 0.3 is 0 Å². The van der Waals surface area contributed by atoms with Crippen LogP contribution in [-0.4, -0.2) is 25.1 Å². The predicted octanol–water partition coefficient (Wildman–Crippen LogP) is 5.69. The summed E-state index contributed by atoms with van der Waals surface area (Å²) in [6.45, 7) is 1.93. The van der Waals surface area contributed by atoms with E-state index in [0.29, 0.717) is 32.2 Å². The molecular formula is C19H16Cl2N2O3S. The average Bonchev–Trinajstić information content (AvgIpc) is 3.03. The minimum Gasteiger partial charge on any atom is -0.497 e. The first-order chi connectivity index (χ1) is 12.9. The van der Waals surface area contributed by atoms with E-state index in [1.54, 1.807) is 37.4 Å². The number of hydrogen-bond donors (Lipinski definition) is 1. The minimum atomic E-state index is -0.316. The van der Waals surface area contributed by atoms with Crippen molar-refractivity contribution in [2.75, 3.05) is 19.5 Å². The third kappa shape index (κ3) is 4.18. The fourth-order valence-electron chi connectivity index (χ4n) is 2.51. The summed E-state index contributed by atoms with van der Waals surface area (Å²) in [6, 6.07) is 10.3. The van der Waals surface area contributed by atoms with Crippen LogP contribution in [0.3, 0.4) is 0 Å². The first-order valence-corrected chi connectivity index (χ1v) is 9.46. The third-order valence-electron chi connectivity index (χ3n) is 3.86. The molecule has 1 N–H and O–H groups in total. The fourth-order valence-corrected chi connectivity index (χ4v) is 3.64. The molecule has 3 rings (SSSR count). The Morgan fingerprint density at radius 2 is 1.85 bits per heavy atom. The topological polar surface area (TPSA) is 60.5 Å². The number of methoxy groups -OCH3 is 2. The summed E-state index contributed by atoms with van der Waals surface area (Å²) >= 11 is 13.4. The number of benzene rings is 2. The van der Waals surface area contributed by atoms with Crippen molar-refractivity contribution in [1.82, 2.24) is 4.98 Å². The molecule has 140 valence electrons. The molecule has 0 saturated carbocycles. The van der Waals surface area contributed by atoms with E-state index >= 15 is 0 Å². The lowest BCUT2D eigenvalue weighted by molar-refractivity contribution is 0.102. The lowest BCUT2D eigenvalue weighted by Gasteiger charge is -2.09. The van der Waals surface area contributed by atoms with Crippen molar-refractivity contribution >= 4 is 45.6 Å². The Morgan fingerprint density at radius 1 is 1.07 bits per heavy atom. The summed E-state index contributed by atoms with van der Waals surface area (Å²) in [6.07, 6.45) is 0. The number of aryl methyl sites for hydroxylation is 1. The van der Waals surface area contributed by atoms with E-state index in [2.05, 4.69) is 10.3 Å². The van der Waals surface area contributed by atoms with E-state index in [-0.39, 0.29) is 5.91 Å². The van der Waals surface area contributed by atoms with Crippen LogP contribution in [0.15, 0.2) is 36.4 Å². The van der Waals surface area contributed by atoms with Crippen molar-refractivity contribution in [3.05, 3.63) is 56.9 Å². The molecular weight excluding hydrogens is 407 g/mol. The number of thiazole rings is 1. The zero-order valence-corrected chi connectivity index (χ0v) is 17.1. The second-order valence-corrected chi connectivity index (χ2v) is 7.59. The van der Waals surface area contributed by atoms with E-state index in [4.69, 9.17) is 32.7 Å². The van der Waals surface area contributed by atoms with E-state index in [1.807, 2.05) is 13.0 Å². The van der Waals surface area contributed by atoms with Crippen molar-refractivity contribution < 1.29 is 14.3 Å². The van der Waals surface area contributed by atoms with Crippen molar-refractivity contribution in [3.8, 4) is 22.8 Å². The Bertz CT molecular complexity index is 1000. The highest BCUT2D eigenvalue weighted by molar-refractivity contribution is 7.16. The van der Waals surface area contributed by atoms with Crippen molar-refractivity contribution in [3.63, 3.8) is 0 Å². The number of carbonyl (C=O) groups is 1. The predicted molar refractivity (Wildman–Crippen MR) is 110 cm³/mol. The lowest BCUT2D eigenvalue weighted by atomic mass is 10.1. The molecule has 2 aromatic carbocycles. The number of aromatic nitrogens is 1. The summed E-state index contributed by atoms with van der Waals surface area (Å²) in [5.41, 5.74) is 1.97. The summed E-state index contributed by atoms with van der Waals surface area (Å²) in [4.78, 5) is 18.1. The molecule has 0 atom stereocenters. The number of halogens is 2. The van der Waals surface area contributed by atoms with Crippen LogP contribution in [0.1, 0.15) is 15.2 Å². The maximum Gasteiger partial charge on any atom is 0.261 e. The number of hydrogen-bond acceptors (Lipinski definition) is 5. The smallest absolute Gasteiger partial charge is 0.261 e. The number of ether oxygens (including phenoxy) is 2. The zero-order chi connectivity index (χ0) is 19.6. The third-order valence-corrected chi connectivity index (χ3v) is 5.49. The SMILES string of the molecule is COc1ccc(C(=O)Nc2nc(-c3ccc(Cl)c(Cl)c3)c(C)s2)c(OC)c1. The zero-order valence-electron chi connectivity index (χ0n) is 14.8. The maximum absolute atomic E-state index is 12.6. The van der Waals surface area contributed by atoms with Gasteiger partial charge in [-0.15, -0.1) is 11.3 Å². The highest BCUT2D eigenvalue weighted by Crippen LogP contribution is 2.34. The van der Waals surface area contributed by atoms with Crippen LogP contribution in [-0.2, 0) is 0 Å². The molecule has 1 amide bonds. The molecule has 0 aliphatic heterocycles. The first-order valence-electron chi connectivity index (χ1n) is 7.89. The summed E-state index contributed by atoms with van der Waals surface area (Å²) < 4.78 is 10.4. The van der Waals surface area contributed by atoms with Gasteiger partial charge in [-0.05, 0) is 31.2 Å². The van der Waals surface area contributed by atoms with Crippen LogP contribution in [0.4, 0.5) is 5.13 Å². The Balaban J connectivity index is 1.86. The van der Waals surface area contributed by atoms with Crippen LogP contribution in [0.25, 0.3) is 11.3 Å². The monoisotopic (exact) mass is 422 g/mol. The second-order valence-electron chi connectivity index (χ2n) is 5.57. The van der Waals surface area contributed by atoms with E-state index < -0.39 is 0 Å². The number of nitrogens with one attached hydrogen (secondary N) is 1. The van der Waals surface area contributed by atoms with Crippen LogP contribution in [0, 0.1) is 6.92 Å². The van der Waals surface area contributed by atoms with Gasteiger partial charge in [-0.2, -0.15) is 0 Å². The standard InChI is InChI=1S/C19H16Cl2N2O3S/c1-10-17(11-4-7-14(20)15(21)8-11)22-19(27-10)23-18(24)13-6-5-12(25-2)9-16(13)26-3/h4-9H,1-3H3,(H,22,23,24). The van der Waals surface area contributed by atoms with Crippen LogP contribution < -0.4 is 14.8 Å². The molecule has 0 aliphatic rings. The highest BCUT2D eigenvalue weighted by atomic mass is 35.5. The van der Waals surface area contributed by atoms with Gasteiger partial charge in [0.05, 0.1) is 35.5 Å². The molecule has 5 nitrogen and oxygen atoms in total. The molecule has 0 saturated heterocycles. The fraction of sp³-hybridized carbons (Fsp3) is 0.158. The van der Waals surface area contributed by atoms with Crippen molar-refractivity contribution in [1.29, 1.82) is 0 Å². The van der Waals surface area contributed by atoms with E-state index in [1.165, 1.54) is 18.4 Å². The average molecular weight is 423 g/mol. The minimum absolute atomic E-state index is 0.316. The number of carbonyl (C=O) groups excluding carboxylic acids is 1. The Hall–Kier alpha value is -2.28. The van der Waals surface area contributed by atoms with Gasteiger partial charge in [-0.1, -0.05) is 29.3 Å². The van der Waals surface area contributed by atoms with E-state index in [0.717, 1.165) is 16.1 Å². The Morgan fingerprint density at radius 3 is 2.52 bits per heavy atom. The summed E-state index contributed by atoms with van der Waals surface area (Å²) in [7, 11) is 3.05. The normalized spacial score (nSPS) is 10.6. The highest BCUT2D eigenvalue weighted by Gasteiger charge is 2.17. The van der Waals surface area contributed by atoms with E-state index in [9.17, 15) is 4.79 Å². The van der Waals surface area contributed by atoms with Crippen LogP contribution in [0.2, 0.25) is 10.0 Å².